The molecule has 0 bridgehead atoms. The molecule has 0 aliphatic carbocycles. The van der Waals surface area contributed by atoms with E-state index in [2.05, 4.69) is 15.6 Å². The maximum Gasteiger partial charge on any atom is 0.338 e. The van der Waals surface area contributed by atoms with E-state index in [1.165, 1.54) is 6.07 Å². The van der Waals surface area contributed by atoms with Crippen LogP contribution in [-0.2, 0) is 4.74 Å². The van der Waals surface area contributed by atoms with E-state index in [-0.39, 0.29) is 17.3 Å². The SMILES string of the molecule is CCCNC(=O)c1cccc(C(=O)Nc2ccc(C(=O)OCC)cc2)n1. The average Bonchev–Trinajstić information content (AvgIpc) is 2.67. The Bertz CT molecular complexity index is 788. The van der Waals surface area contributed by atoms with Gasteiger partial charge in [0.1, 0.15) is 11.4 Å². The largest absolute Gasteiger partial charge is 0.462 e. The monoisotopic (exact) mass is 355 g/mol. The van der Waals surface area contributed by atoms with E-state index in [9.17, 15) is 14.4 Å². The van der Waals surface area contributed by atoms with Crippen molar-refractivity contribution in [2.75, 3.05) is 18.5 Å². The van der Waals surface area contributed by atoms with Gasteiger partial charge in [-0.15, -0.1) is 0 Å². The minimum Gasteiger partial charge on any atom is -0.462 e. The van der Waals surface area contributed by atoms with Crippen LogP contribution in [0.4, 0.5) is 5.69 Å². The molecule has 0 aliphatic heterocycles. The number of pyridine rings is 1. The van der Waals surface area contributed by atoms with Gasteiger partial charge in [-0.2, -0.15) is 0 Å². The summed E-state index contributed by atoms with van der Waals surface area (Å²) in [6.07, 6.45) is 0.813. The molecule has 0 radical (unpaired) electrons. The number of rotatable bonds is 7. The van der Waals surface area contributed by atoms with Gasteiger partial charge >= 0.3 is 5.97 Å². The molecule has 2 amide bonds. The van der Waals surface area contributed by atoms with Gasteiger partial charge in [0.05, 0.1) is 12.2 Å². The van der Waals surface area contributed by atoms with Gasteiger partial charge in [0.2, 0.25) is 0 Å². The van der Waals surface area contributed by atoms with Gasteiger partial charge in [-0.1, -0.05) is 13.0 Å². The van der Waals surface area contributed by atoms with Gasteiger partial charge in [0.25, 0.3) is 11.8 Å². The lowest BCUT2D eigenvalue weighted by molar-refractivity contribution is 0.0526. The molecule has 0 aliphatic rings. The molecule has 1 aromatic carbocycles. The van der Waals surface area contributed by atoms with E-state index < -0.39 is 11.9 Å². The van der Waals surface area contributed by atoms with Crippen molar-refractivity contribution in [1.82, 2.24) is 10.3 Å². The number of carbonyl (C=O) groups excluding carboxylic acids is 3. The first kappa shape index (κ1) is 19.1. The fraction of sp³-hybridized carbons (Fsp3) is 0.263. The first-order valence-corrected chi connectivity index (χ1v) is 8.39. The Morgan fingerprint density at radius 3 is 2.23 bits per heavy atom. The standard InChI is InChI=1S/C19H21N3O4/c1-3-12-20-17(23)15-6-5-7-16(22-15)18(24)21-14-10-8-13(9-11-14)19(25)26-4-2/h5-11H,3-4,12H2,1-2H3,(H,20,23)(H,21,24). The van der Waals surface area contributed by atoms with Crippen LogP contribution >= 0.6 is 0 Å². The summed E-state index contributed by atoms with van der Waals surface area (Å²) in [5.74, 6) is -1.18. The van der Waals surface area contributed by atoms with E-state index in [1.54, 1.807) is 43.3 Å². The quantitative estimate of drug-likeness (QED) is 0.744. The zero-order valence-corrected chi connectivity index (χ0v) is 14.7. The molecular formula is C19H21N3O4. The summed E-state index contributed by atoms with van der Waals surface area (Å²) in [5.41, 5.74) is 1.22. The molecule has 0 saturated heterocycles. The van der Waals surface area contributed by atoms with Crippen molar-refractivity contribution in [3.8, 4) is 0 Å². The average molecular weight is 355 g/mol. The molecule has 2 N–H and O–H groups in total. The van der Waals surface area contributed by atoms with Crippen molar-refractivity contribution in [3.05, 3.63) is 59.4 Å². The lowest BCUT2D eigenvalue weighted by Gasteiger charge is -2.07. The number of hydrogen-bond acceptors (Lipinski definition) is 5. The Balaban J connectivity index is 2.05. The minimum absolute atomic E-state index is 0.128. The predicted molar refractivity (Wildman–Crippen MR) is 97.2 cm³/mol. The zero-order chi connectivity index (χ0) is 18.9. The molecule has 0 spiro atoms. The zero-order valence-electron chi connectivity index (χ0n) is 14.7. The van der Waals surface area contributed by atoms with E-state index in [4.69, 9.17) is 4.74 Å². The Morgan fingerprint density at radius 2 is 1.62 bits per heavy atom. The first-order valence-electron chi connectivity index (χ1n) is 8.39. The first-order chi connectivity index (χ1) is 12.5. The van der Waals surface area contributed by atoms with Gasteiger partial charge in [-0.05, 0) is 49.7 Å². The Labute approximate surface area is 151 Å². The fourth-order valence-corrected chi connectivity index (χ4v) is 2.12. The molecule has 0 atom stereocenters. The molecule has 0 fully saturated rings. The Hall–Kier alpha value is -3.22. The number of anilines is 1. The van der Waals surface area contributed by atoms with Crippen LogP contribution in [0.5, 0.6) is 0 Å². The van der Waals surface area contributed by atoms with E-state index in [0.717, 1.165) is 6.42 Å². The number of carbonyl (C=O) groups is 3. The normalized spacial score (nSPS) is 10.1. The molecule has 7 nitrogen and oxygen atoms in total. The summed E-state index contributed by atoms with van der Waals surface area (Å²) < 4.78 is 4.91. The van der Waals surface area contributed by atoms with Gasteiger partial charge < -0.3 is 15.4 Å². The predicted octanol–water partition coefficient (Wildman–Crippen LogP) is 2.65. The summed E-state index contributed by atoms with van der Waals surface area (Å²) in [5, 5.41) is 5.40. The number of ether oxygens (including phenoxy) is 1. The molecular weight excluding hydrogens is 334 g/mol. The number of aromatic nitrogens is 1. The smallest absolute Gasteiger partial charge is 0.338 e. The molecule has 2 rings (SSSR count). The minimum atomic E-state index is -0.445. The summed E-state index contributed by atoms with van der Waals surface area (Å²) in [6.45, 7) is 4.52. The van der Waals surface area contributed by atoms with Crippen molar-refractivity contribution in [2.24, 2.45) is 0 Å². The van der Waals surface area contributed by atoms with Crippen molar-refractivity contribution in [1.29, 1.82) is 0 Å². The van der Waals surface area contributed by atoms with Crippen LogP contribution in [0.25, 0.3) is 0 Å². The molecule has 136 valence electrons. The van der Waals surface area contributed by atoms with Crippen LogP contribution in [0.1, 0.15) is 51.6 Å². The molecule has 7 heteroatoms. The van der Waals surface area contributed by atoms with Crippen LogP contribution in [0.2, 0.25) is 0 Å². The molecule has 1 heterocycles. The second kappa shape index (κ2) is 9.31. The number of benzene rings is 1. The summed E-state index contributed by atoms with van der Waals surface area (Å²) >= 11 is 0. The Morgan fingerprint density at radius 1 is 0.962 bits per heavy atom. The van der Waals surface area contributed by atoms with Gasteiger partial charge in [0.15, 0.2) is 0 Å². The third kappa shape index (κ3) is 5.14. The number of nitrogens with zero attached hydrogens (tertiary/aromatic N) is 1. The van der Waals surface area contributed by atoms with Gasteiger partial charge in [-0.25, -0.2) is 9.78 Å². The van der Waals surface area contributed by atoms with Gasteiger partial charge in [-0.3, -0.25) is 9.59 Å². The van der Waals surface area contributed by atoms with Crippen LogP contribution in [-0.4, -0.2) is 35.9 Å². The maximum absolute atomic E-state index is 12.3. The van der Waals surface area contributed by atoms with Crippen LogP contribution in [0.3, 0.4) is 0 Å². The highest BCUT2D eigenvalue weighted by Gasteiger charge is 2.13. The summed E-state index contributed by atoms with van der Waals surface area (Å²) in [4.78, 5) is 40.0. The number of amides is 2. The number of esters is 1. The van der Waals surface area contributed by atoms with Crippen LogP contribution in [0, 0.1) is 0 Å². The summed E-state index contributed by atoms with van der Waals surface area (Å²) in [6, 6.07) is 11.0. The van der Waals surface area contributed by atoms with Crippen molar-refractivity contribution >= 4 is 23.5 Å². The van der Waals surface area contributed by atoms with Crippen LogP contribution in [0.15, 0.2) is 42.5 Å². The van der Waals surface area contributed by atoms with Crippen LogP contribution < -0.4 is 10.6 Å². The second-order valence-corrected chi connectivity index (χ2v) is 5.42. The van der Waals surface area contributed by atoms with E-state index in [1.807, 2.05) is 6.92 Å². The van der Waals surface area contributed by atoms with E-state index in [0.29, 0.717) is 24.4 Å². The Kier molecular flexibility index (Phi) is 6.84. The number of nitrogens with one attached hydrogen (secondary N) is 2. The third-order valence-electron chi connectivity index (χ3n) is 3.40. The highest BCUT2D eigenvalue weighted by Crippen LogP contribution is 2.12. The lowest BCUT2D eigenvalue weighted by Crippen LogP contribution is -2.26. The van der Waals surface area contributed by atoms with E-state index >= 15 is 0 Å². The highest BCUT2D eigenvalue weighted by molar-refractivity contribution is 6.04. The fourth-order valence-electron chi connectivity index (χ4n) is 2.12. The molecule has 1 aromatic heterocycles. The summed E-state index contributed by atoms with van der Waals surface area (Å²) in [7, 11) is 0. The second-order valence-electron chi connectivity index (χ2n) is 5.42. The van der Waals surface area contributed by atoms with Crippen molar-refractivity contribution in [2.45, 2.75) is 20.3 Å². The maximum atomic E-state index is 12.3. The molecule has 0 saturated carbocycles. The molecule has 0 unspecified atom stereocenters. The third-order valence-corrected chi connectivity index (χ3v) is 3.40. The topological polar surface area (TPSA) is 97.4 Å². The highest BCUT2D eigenvalue weighted by atomic mass is 16.5. The van der Waals surface area contributed by atoms with Crippen molar-refractivity contribution < 1.29 is 19.1 Å². The molecule has 26 heavy (non-hydrogen) atoms. The van der Waals surface area contributed by atoms with Crippen molar-refractivity contribution in [3.63, 3.8) is 0 Å². The number of hydrogen-bond donors (Lipinski definition) is 2. The molecule has 2 aromatic rings. The van der Waals surface area contributed by atoms with Gasteiger partial charge in [0, 0.05) is 12.2 Å². The lowest BCUT2D eigenvalue weighted by atomic mass is 10.2.